The average Bonchev–Trinajstić information content (AvgIpc) is 2.40. The van der Waals surface area contributed by atoms with Gasteiger partial charge in [-0.3, -0.25) is 4.90 Å². The molecule has 19 heavy (non-hydrogen) atoms. The van der Waals surface area contributed by atoms with Crippen molar-refractivity contribution in [3.63, 3.8) is 0 Å². The molecule has 1 N–H and O–H groups in total. The number of carboxylic acid groups (broad SMARTS) is 1. The van der Waals surface area contributed by atoms with E-state index < -0.39 is 5.97 Å². The van der Waals surface area contributed by atoms with Crippen molar-refractivity contribution in [1.29, 1.82) is 0 Å². The lowest BCUT2D eigenvalue weighted by Gasteiger charge is -2.32. The molecule has 1 aliphatic heterocycles. The maximum Gasteiger partial charge on any atom is 0.354 e. The predicted octanol–water partition coefficient (Wildman–Crippen LogP) is 2.35. The lowest BCUT2D eigenvalue weighted by atomic mass is 10.00. The molecule has 2 heterocycles. The van der Waals surface area contributed by atoms with Crippen LogP contribution in [0.4, 0.5) is 0 Å². The van der Waals surface area contributed by atoms with Crippen molar-refractivity contribution in [2.24, 2.45) is 5.92 Å². The van der Waals surface area contributed by atoms with Crippen LogP contribution in [-0.4, -0.2) is 46.1 Å². The van der Waals surface area contributed by atoms with Crippen molar-refractivity contribution < 1.29 is 9.90 Å². The summed E-state index contributed by atoms with van der Waals surface area (Å²) in [5.74, 6) is 1.01. The molecule has 104 valence electrons. The Kier molecular flexibility index (Phi) is 5.22. The van der Waals surface area contributed by atoms with Crippen LogP contribution >= 0.6 is 11.8 Å². The molecule has 1 atom stereocenters. The fraction of sp³-hybridized carbons (Fsp3) is 0.571. The molecule has 0 amide bonds. The van der Waals surface area contributed by atoms with Crippen molar-refractivity contribution in [3.8, 4) is 0 Å². The zero-order valence-electron chi connectivity index (χ0n) is 11.2. The third kappa shape index (κ3) is 4.21. The third-order valence-electron chi connectivity index (χ3n) is 3.42. The molecule has 4 nitrogen and oxygen atoms in total. The van der Waals surface area contributed by atoms with Gasteiger partial charge in [-0.05, 0) is 49.4 Å². The molecule has 1 aromatic heterocycles. The van der Waals surface area contributed by atoms with E-state index in [-0.39, 0.29) is 5.69 Å². The quantitative estimate of drug-likeness (QED) is 0.897. The van der Waals surface area contributed by atoms with Gasteiger partial charge in [0.15, 0.2) is 0 Å². The Bertz CT molecular complexity index is 437. The minimum Gasteiger partial charge on any atom is -0.477 e. The number of hydrogen-bond donors (Lipinski definition) is 1. The number of likely N-dealkylation sites (tertiary alicyclic amines) is 1. The van der Waals surface area contributed by atoms with Crippen molar-refractivity contribution in [2.45, 2.75) is 19.4 Å². The van der Waals surface area contributed by atoms with Gasteiger partial charge in [-0.2, -0.15) is 11.8 Å². The van der Waals surface area contributed by atoms with Gasteiger partial charge in [0, 0.05) is 13.1 Å². The summed E-state index contributed by atoms with van der Waals surface area (Å²) in [6.45, 7) is 2.94. The number of piperidine rings is 1. The second kappa shape index (κ2) is 6.91. The maximum atomic E-state index is 10.9. The largest absolute Gasteiger partial charge is 0.477 e. The summed E-state index contributed by atoms with van der Waals surface area (Å²) in [5, 5.41) is 8.95. The Labute approximate surface area is 118 Å². The van der Waals surface area contributed by atoms with Crippen molar-refractivity contribution in [3.05, 3.63) is 29.6 Å². The van der Waals surface area contributed by atoms with Crippen molar-refractivity contribution in [1.82, 2.24) is 9.88 Å². The molecular weight excluding hydrogens is 260 g/mol. The molecule has 1 unspecified atom stereocenters. The van der Waals surface area contributed by atoms with Crippen LogP contribution in [0.15, 0.2) is 18.2 Å². The monoisotopic (exact) mass is 280 g/mol. The first-order chi connectivity index (χ1) is 9.19. The van der Waals surface area contributed by atoms with Gasteiger partial charge in [0.1, 0.15) is 5.69 Å². The SMILES string of the molecule is CSCC1CCCN(Cc2cccc(C(=O)O)n2)C1. The number of aromatic nitrogens is 1. The molecular formula is C14H20N2O2S. The number of rotatable bonds is 5. The standard InChI is InChI=1S/C14H20N2O2S/c1-19-10-11-4-3-7-16(8-11)9-12-5-2-6-13(15-12)14(17)18/h2,5-6,11H,3-4,7-10H2,1H3,(H,17,18). The zero-order valence-corrected chi connectivity index (χ0v) is 12.0. The van der Waals surface area contributed by atoms with Crippen LogP contribution in [0.1, 0.15) is 29.0 Å². The number of carbonyl (C=O) groups is 1. The van der Waals surface area contributed by atoms with E-state index in [1.807, 2.05) is 17.8 Å². The Morgan fingerprint density at radius 1 is 1.58 bits per heavy atom. The number of thioether (sulfide) groups is 1. The average molecular weight is 280 g/mol. The van der Waals surface area contributed by atoms with E-state index in [1.54, 1.807) is 12.1 Å². The number of nitrogens with zero attached hydrogens (tertiary/aromatic N) is 2. The third-order valence-corrected chi connectivity index (χ3v) is 4.22. The van der Waals surface area contributed by atoms with Gasteiger partial charge in [0.05, 0.1) is 5.69 Å². The highest BCUT2D eigenvalue weighted by Gasteiger charge is 2.20. The molecule has 0 radical (unpaired) electrons. The summed E-state index contributed by atoms with van der Waals surface area (Å²) in [7, 11) is 0. The molecule has 0 aliphatic carbocycles. The Morgan fingerprint density at radius 3 is 3.16 bits per heavy atom. The number of aromatic carboxylic acids is 1. The normalized spacial score (nSPS) is 20.4. The van der Waals surface area contributed by atoms with Gasteiger partial charge < -0.3 is 5.11 Å². The molecule has 0 bridgehead atoms. The van der Waals surface area contributed by atoms with Crippen LogP contribution in [0, 0.1) is 5.92 Å². The van der Waals surface area contributed by atoms with Crippen LogP contribution in [0.3, 0.4) is 0 Å². The molecule has 0 saturated carbocycles. The zero-order chi connectivity index (χ0) is 13.7. The van der Waals surface area contributed by atoms with Gasteiger partial charge in [-0.15, -0.1) is 0 Å². The maximum absolute atomic E-state index is 10.9. The first kappa shape index (κ1) is 14.3. The van der Waals surface area contributed by atoms with Crippen LogP contribution in [-0.2, 0) is 6.54 Å². The second-order valence-electron chi connectivity index (χ2n) is 5.02. The summed E-state index contributed by atoms with van der Waals surface area (Å²) in [6.07, 6.45) is 4.68. The highest BCUT2D eigenvalue weighted by Crippen LogP contribution is 2.20. The smallest absolute Gasteiger partial charge is 0.354 e. The molecule has 1 aromatic rings. The fourth-order valence-corrected chi connectivity index (χ4v) is 3.33. The lowest BCUT2D eigenvalue weighted by molar-refractivity contribution is 0.0689. The number of hydrogen-bond acceptors (Lipinski definition) is 4. The minimum absolute atomic E-state index is 0.134. The van der Waals surface area contributed by atoms with Crippen molar-refractivity contribution in [2.75, 3.05) is 25.1 Å². The summed E-state index contributed by atoms with van der Waals surface area (Å²) in [5.41, 5.74) is 0.986. The van der Waals surface area contributed by atoms with Crippen LogP contribution in [0.5, 0.6) is 0 Å². The predicted molar refractivity (Wildman–Crippen MR) is 77.6 cm³/mol. The van der Waals surface area contributed by atoms with E-state index >= 15 is 0 Å². The van der Waals surface area contributed by atoms with E-state index in [4.69, 9.17) is 5.11 Å². The van der Waals surface area contributed by atoms with Gasteiger partial charge in [0.25, 0.3) is 0 Å². The summed E-state index contributed by atoms with van der Waals surface area (Å²) in [6, 6.07) is 5.22. The van der Waals surface area contributed by atoms with Gasteiger partial charge in [0.2, 0.25) is 0 Å². The highest BCUT2D eigenvalue weighted by molar-refractivity contribution is 7.98. The summed E-state index contributed by atoms with van der Waals surface area (Å²) < 4.78 is 0. The fourth-order valence-electron chi connectivity index (χ4n) is 2.58. The summed E-state index contributed by atoms with van der Waals surface area (Å²) in [4.78, 5) is 17.5. The first-order valence-electron chi connectivity index (χ1n) is 6.59. The lowest BCUT2D eigenvalue weighted by Crippen LogP contribution is -2.36. The topological polar surface area (TPSA) is 53.4 Å². The molecule has 5 heteroatoms. The minimum atomic E-state index is -0.958. The van der Waals surface area contributed by atoms with E-state index in [9.17, 15) is 4.79 Å². The van der Waals surface area contributed by atoms with Crippen LogP contribution < -0.4 is 0 Å². The van der Waals surface area contributed by atoms with E-state index in [0.717, 1.165) is 31.2 Å². The van der Waals surface area contributed by atoms with E-state index in [1.165, 1.54) is 18.6 Å². The molecule has 1 fully saturated rings. The molecule has 0 spiro atoms. The second-order valence-corrected chi connectivity index (χ2v) is 5.93. The highest BCUT2D eigenvalue weighted by atomic mass is 32.2. The first-order valence-corrected chi connectivity index (χ1v) is 7.99. The van der Waals surface area contributed by atoms with Gasteiger partial charge >= 0.3 is 5.97 Å². The number of carboxylic acids is 1. The summed E-state index contributed by atoms with van der Waals surface area (Å²) >= 11 is 1.90. The number of pyridine rings is 1. The van der Waals surface area contributed by atoms with Gasteiger partial charge in [-0.1, -0.05) is 6.07 Å². The Morgan fingerprint density at radius 2 is 2.42 bits per heavy atom. The Hall–Kier alpha value is -1.07. The van der Waals surface area contributed by atoms with E-state index in [2.05, 4.69) is 16.1 Å². The van der Waals surface area contributed by atoms with Gasteiger partial charge in [-0.25, -0.2) is 9.78 Å². The van der Waals surface area contributed by atoms with Crippen LogP contribution in [0.25, 0.3) is 0 Å². The molecule has 1 saturated heterocycles. The van der Waals surface area contributed by atoms with Crippen LogP contribution in [0.2, 0.25) is 0 Å². The van der Waals surface area contributed by atoms with E-state index in [0.29, 0.717) is 0 Å². The van der Waals surface area contributed by atoms with Crippen molar-refractivity contribution >= 4 is 17.7 Å². The molecule has 0 aromatic carbocycles. The molecule has 2 rings (SSSR count). The Balaban J connectivity index is 1.96. The molecule has 1 aliphatic rings.